The number of halogens is 1. The summed E-state index contributed by atoms with van der Waals surface area (Å²) in [6.45, 7) is 0. The van der Waals surface area contributed by atoms with Crippen LogP contribution >= 0.6 is 15.9 Å². The smallest absolute Gasteiger partial charge is 0.223 e. The number of carbonyl (C=O) groups excluding carboxylic acids is 1. The zero-order valence-electron chi connectivity index (χ0n) is 9.62. The van der Waals surface area contributed by atoms with E-state index in [1.54, 1.807) is 0 Å². The Morgan fingerprint density at radius 3 is 2.62 bits per heavy atom. The van der Waals surface area contributed by atoms with Gasteiger partial charge in [0, 0.05) is 17.3 Å². The molecule has 0 bridgehead atoms. The van der Waals surface area contributed by atoms with Crippen molar-refractivity contribution in [1.82, 2.24) is 5.32 Å². The number of hydrogen-bond donors (Lipinski definition) is 1. The molecule has 4 atom stereocenters. The molecule has 3 heteroatoms. The van der Waals surface area contributed by atoms with Gasteiger partial charge in [-0.2, -0.15) is 0 Å². The minimum absolute atomic E-state index is 0.348. The van der Waals surface area contributed by atoms with Crippen molar-refractivity contribution in [2.45, 2.75) is 44.6 Å². The Morgan fingerprint density at radius 2 is 1.94 bits per heavy atom. The van der Waals surface area contributed by atoms with Crippen molar-refractivity contribution in [2.75, 3.05) is 5.33 Å². The lowest BCUT2D eigenvalue weighted by atomic mass is 10.0. The van der Waals surface area contributed by atoms with E-state index >= 15 is 0 Å². The van der Waals surface area contributed by atoms with Gasteiger partial charge in [-0.25, -0.2) is 0 Å². The van der Waals surface area contributed by atoms with E-state index in [9.17, 15) is 4.79 Å². The van der Waals surface area contributed by atoms with Gasteiger partial charge >= 0.3 is 0 Å². The van der Waals surface area contributed by atoms with Gasteiger partial charge in [0.05, 0.1) is 0 Å². The van der Waals surface area contributed by atoms with Crippen molar-refractivity contribution in [3.8, 4) is 0 Å². The van der Waals surface area contributed by atoms with Gasteiger partial charge < -0.3 is 5.32 Å². The van der Waals surface area contributed by atoms with Gasteiger partial charge in [-0.15, -0.1) is 0 Å². The van der Waals surface area contributed by atoms with E-state index in [2.05, 4.69) is 21.2 Å². The second-order valence-corrected chi connectivity index (χ2v) is 6.53. The number of alkyl halides is 1. The molecule has 0 aliphatic heterocycles. The Labute approximate surface area is 106 Å². The molecule has 3 aliphatic carbocycles. The van der Waals surface area contributed by atoms with Crippen LogP contribution in [-0.4, -0.2) is 17.3 Å². The summed E-state index contributed by atoms with van der Waals surface area (Å²) in [4.78, 5) is 12.1. The molecule has 16 heavy (non-hydrogen) atoms. The average molecular weight is 286 g/mol. The van der Waals surface area contributed by atoms with Crippen LogP contribution in [0.4, 0.5) is 0 Å². The summed E-state index contributed by atoms with van der Waals surface area (Å²) in [5.74, 6) is 3.18. The van der Waals surface area contributed by atoms with E-state index in [0.717, 1.165) is 17.2 Å². The summed E-state index contributed by atoms with van der Waals surface area (Å²) in [5, 5.41) is 4.33. The van der Waals surface area contributed by atoms with E-state index in [-0.39, 0.29) is 0 Å². The molecule has 90 valence electrons. The molecule has 0 spiro atoms. The van der Waals surface area contributed by atoms with E-state index in [0.29, 0.717) is 23.8 Å². The summed E-state index contributed by atoms with van der Waals surface area (Å²) in [6, 6.07) is 0.448. The van der Waals surface area contributed by atoms with E-state index in [1.807, 2.05) is 0 Å². The molecule has 4 unspecified atom stereocenters. The highest BCUT2D eigenvalue weighted by Gasteiger charge is 2.48. The van der Waals surface area contributed by atoms with Crippen LogP contribution < -0.4 is 5.32 Å². The zero-order chi connectivity index (χ0) is 11.1. The number of amides is 1. The van der Waals surface area contributed by atoms with Crippen molar-refractivity contribution in [2.24, 2.45) is 23.7 Å². The van der Waals surface area contributed by atoms with Gasteiger partial charge in [-0.05, 0) is 49.9 Å². The largest absolute Gasteiger partial charge is 0.353 e. The number of fused-ring (bicyclic) bond motifs is 1. The van der Waals surface area contributed by atoms with Crippen molar-refractivity contribution < 1.29 is 4.79 Å². The summed E-state index contributed by atoms with van der Waals surface area (Å²) in [5.41, 5.74) is 0. The second-order valence-electron chi connectivity index (χ2n) is 5.88. The topological polar surface area (TPSA) is 29.1 Å². The molecule has 0 heterocycles. The Hall–Kier alpha value is -0.0500. The molecule has 3 rings (SSSR count). The molecular formula is C13H20BrNO. The van der Waals surface area contributed by atoms with Crippen LogP contribution in [0.3, 0.4) is 0 Å². The first-order chi connectivity index (χ1) is 7.78. The van der Waals surface area contributed by atoms with Crippen LogP contribution in [0.2, 0.25) is 0 Å². The highest BCUT2D eigenvalue weighted by molar-refractivity contribution is 9.09. The highest BCUT2D eigenvalue weighted by atomic mass is 79.9. The lowest BCUT2D eigenvalue weighted by molar-refractivity contribution is -0.126. The van der Waals surface area contributed by atoms with Crippen molar-refractivity contribution in [3.63, 3.8) is 0 Å². The number of carbonyl (C=O) groups is 1. The van der Waals surface area contributed by atoms with E-state index in [4.69, 9.17) is 0 Å². The van der Waals surface area contributed by atoms with Gasteiger partial charge in [-0.1, -0.05) is 22.4 Å². The molecular weight excluding hydrogens is 266 g/mol. The molecule has 0 aromatic carbocycles. The van der Waals surface area contributed by atoms with Gasteiger partial charge in [0.15, 0.2) is 0 Å². The van der Waals surface area contributed by atoms with Crippen LogP contribution in [-0.2, 0) is 4.79 Å². The summed E-state index contributed by atoms with van der Waals surface area (Å²) in [6.07, 6.45) is 7.46. The third-order valence-corrected chi connectivity index (χ3v) is 5.63. The molecule has 3 saturated carbocycles. The first-order valence-corrected chi connectivity index (χ1v) is 7.76. The summed E-state index contributed by atoms with van der Waals surface area (Å²) in [7, 11) is 0. The van der Waals surface area contributed by atoms with Crippen LogP contribution in [0.1, 0.15) is 38.5 Å². The molecule has 0 saturated heterocycles. The van der Waals surface area contributed by atoms with Crippen LogP contribution in [0, 0.1) is 23.7 Å². The minimum Gasteiger partial charge on any atom is -0.353 e. The first kappa shape index (κ1) is 11.1. The lowest BCUT2D eigenvalue weighted by Crippen LogP contribution is -2.41. The third kappa shape index (κ3) is 2.03. The van der Waals surface area contributed by atoms with E-state index < -0.39 is 0 Å². The molecule has 0 aromatic rings. The van der Waals surface area contributed by atoms with Crippen molar-refractivity contribution in [1.29, 1.82) is 0 Å². The maximum absolute atomic E-state index is 12.1. The normalized spacial score (nSPS) is 45.4. The van der Waals surface area contributed by atoms with Gasteiger partial charge in [0.2, 0.25) is 5.91 Å². The molecule has 1 amide bonds. The molecule has 3 aliphatic rings. The molecule has 0 radical (unpaired) electrons. The van der Waals surface area contributed by atoms with Gasteiger partial charge in [0.1, 0.15) is 0 Å². The Bertz CT molecular complexity index is 284. The Kier molecular flexibility index (Phi) is 2.99. The highest BCUT2D eigenvalue weighted by Crippen LogP contribution is 2.54. The number of rotatable bonds is 3. The standard InChI is InChI=1S/C13H20BrNO/c14-7-8-2-1-3-12(8)15-13(16)11-5-9-4-10(9)6-11/h8-12H,1-7H2,(H,15,16). The molecule has 0 aromatic heterocycles. The Balaban J connectivity index is 1.52. The first-order valence-electron chi connectivity index (χ1n) is 6.64. The Morgan fingerprint density at radius 1 is 1.19 bits per heavy atom. The van der Waals surface area contributed by atoms with Gasteiger partial charge in [-0.3, -0.25) is 4.79 Å². The third-order valence-electron chi connectivity index (χ3n) is 4.80. The van der Waals surface area contributed by atoms with Crippen LogP contribution in [0.25, 0.3) is 0 Å². The molecule has 2 nitrogen and oxygen atoms in total. The maximum Gasteiger partial charge on any atom is 0.223 e. The predicted octanol–water partition coefficient (Wildman–Crippen LogP) is 2.71. The van der Waals surface area contributed by atoms with Crippen LogP contribution in [0.5, 0.6) is 0 Å². The lowest BCUT2D eigenvalue weighted by Gasteiger charge is -2.21. The quantitative estimate of drug-likeness (QED) is 0.794. The number of hydrogen-bond acceptors (Lipinski definition) is 1. The molecule has 3 fully saturated rings. The molecule has 1 N–H and O–H groups in total. The summed E-state index contributed by atoms with van der Waals surface area (Å²) < 4.78 is 0. The predicted molar refractivity (Wildman–Crippen MR) is 67.4 cm³/mol. The van der Waals surface area contributed by atoms with E-state index in [1.165, 1.54) is 38.5 Å². The zero-order valence-corrected chi connectivity index (χ0v) is 11.2. The summed E-state index contributed by atoms with van der Waals surface area (Å²) >= 11 is 3.56. The SMILES string of the molecule is O=C(NC1CCCC1CBr)C1CC2CC2C1. The number of nitrogens with one attached hydrogen (secondary N) is 1. The fourth-order valence-corrected chi connectivity index (χ4v) is 4.42. The minimum atomic E-state index is 0.348. The maximum atomic E-state index is 12.1. The van der Waals surface area contributed by atoms with Crippen LogP contribution in [0.15, 0.2) is 0 Å². The fraction of sp³-hybridized carbons (Fsp3) is 0.923. The fourth-order valence-electron chi connectivity index (χ4n) is 3.64. The average Bonchev–Trinajstić information content (AvgIpc) is 2.75. The van der Waals surface area contributed by atoms with Crippen molar-refractivity contribution in [3.05, 3.63) is 0 Å². The second kappa shape index (κ2) is 4.32. The monoisotopic (exact) mass is 285 g/mol. The van der Waals surface area contributed by atoms with Crippen molar-refractivity contribution >= 4 is 21.8 Å². The van der Waals surface area contributed by atoms with Gasteiger partial charge in [0.25, 0.3) is 0 Å².